The number of benzene rings is 4. The second-order valence-electron chi connectivity index (χ2n) is 10.7. The van der Waals surface area contributed by atoms with E-state index in [0.717, 1.165) is 23.2 Å². The normalized spacial score (nSPS) is 19.4. The first-order valence-electron chi connectivity index (χ1n) is 13.7. The summed E-state index contributed by atoms with van der Waals surface area (Å²) in [6.45, 7) is 4.04. The van der Waals surface area contributed by atoms with Crippen LogP contribution in [0.4, 0.5) is 11.4 Å². The molecule has 3 atom stereocenters. The van der Waals surface area contributed by atoms with Crippen molar-refractivity contribution in [3.05, 3.63) is 125 Å². The Morgan fingerprint density at radius 2 is 1.63 bits per heavy atom. The molecule has 2 aliphatic rings. The molecule has 1 heterocycles. The van der Waals surface area contributed by atoms with Crippen LogP contribution in [-0.4, -0.2) is 21.7 Å². The number of nitrogens with one attached hydrogen (secondary N) is 1. The van der Waals surface area contributed by atoms with Gasteiger partial charge in [0.15, 0.2) is 11.5 Å². The minimum atomic E-state index is -3.99. The van der Waals surface area contributed by atoms with E-state index in [2.05, 4.69) is 59.7 Å². The minimum Gasteiger partial charge on any atom is -0.493 e. The molecule has 0 radical (unpaired) electrons. The van der Waals surface area contributed by atoms with E-state index in [-0.39, 0.29) is 16.7 Å². The third kappa shape index (κ3) is 5.50. The van der Waals surface area contributed by atoms with Crippen LogP contribution in [0.25, 0.3) is 0 Å². The first kappa shape index (κ1) is 26.8. The van der Waals surface area contributed by atoms with Crippen LogP contribution >= 0.6 is 0 Å². The summed E-state index contributed by atoms with van der Waals surface area (Å²) in [6, 6.07) is 26.8. The Labute approximate surface area is 241 Å². The van der Waals surface area contributed by atoms with Crippen LogP contribution < -0.4 is 14.2 Å². The van der Waals surface area contributed by atoms with Gasteiger partial charge in [-0.3, -0.25) is 4.99 Å². The van der Waals surface area contributed by atoms with Gasteiger partial charge in [0.1, 0.15) is 4.90 Å². The lowest BCUT2D eigenvalue weighted by Crippen LogP contribution is -2.29. The fourth-order valence-corrected chi connectivity index (χ4v) is 6.60. The minimum absolute atomic E-state index is 0.0849. The Morgan fingerprint density at radius 3 is 2.39 bits per heavy atom. The predicted octanol–water partition coefficient (Wildman–Crippen LogP) is 7.66. The van der Waals surface area contributed by atoms with E-state index in [0.29, 0.717) is 17.6 Å². The van der Waals surface area contributed by atoms with Crippen molar-refractivity contribution in [1.29, 1.82) is 0 Å². The van der Waals surface area contributed by atoms with E-state index in [1.54, 1.807) is 36.5 Å². The smallest absolute Gasteiger partial charge is 0.339 e. The summed E-state index contributed by atoms with van der Waals surface area (Å²) in [5.41, 5.74) is 7.68. The fraction of sp³-hybridized carbons (Fsp3) is 0.206. The molecule has 1 aliphatic carbocycles. The van der Waals surface area contributed by atoms with E-state index in [1.165, 1.54) is 41.6 Å². The number of methoxy groups -OCH3 is 1. The highest BCUT2D eigenvalue weighted by molar-refractivity contribution is 7.87. The molecule has 0 unspecified atom stereocenters. The molecule has 4 aromatic carbocycles. The second-order valence-corrected chi connectivity index (χ2v) is 12.2. The molecule has 41 heavy (non-hydrogen) atoms. The average molecular weight is 565 g/mol. The topological polar surface area (TPSA) is 77.0 Å². The van der Waals surface area contributed by atoms with Crippen molar-refractivity contribution in [2.75, 3.05) is 12.4 Å². The van der Waals surface area contributed by atoms with E-state index in [9.17, 15) is 8.42 Å². The number of fused-ring (bicyclic) bond motifs is 3. The maximum Gasteiger partial charge on any atom is 0.339 e. The summed E-state index contributed by atoms with van der Waals surface area (Å²) in [7, 11) is -2.52. The summed E-state index contributed by atoms with van der Waals surface area (Å²) in [4.78, 5) is 4.72. The highest BCUT2D eigenvalue weighted by Crippen LogP contribution is 2.50. The lowest BCUT2D eigenvalue weighted by atomic mass is 9.76. The standard InChI is InChI=1S/C34H32N2O4S/c1-22-7-15-27(16-8-22)41(37,38)40-32-18-10-24(20-33(32)39-3)21-35-26-13-11-25(12-14-26)34-29-6-4-5-28(29)30-19-23(2)9-17-31(30)36-34/h4-5,7-21,28-29,34,36H,6H2,1-3H3/t28-,29+,34+/m1/s1. The number of aliphatic imine (C=N–C) groups is 1. The number of hydrogen-bond acceptors (Lipinski definition) is 6. The molecular weight excluding hydrogens is 532 g/mol. The third-order valence-electron chi connectivity index (χ3n) is 7.83. The molecule has 0 saturated carbocycles. The first-order chi connectivity index (χ1) is 19.8. The van der Waals surface area contributed by atoms with Crippen LogP contribution in [0.2, 0.25) is 0 Å². The van der Waals surface area contributed by atoms with E-state index in [4.69, 9.17) is 8.92 Å². The molecule has 0 aromatic heterocycles. The zero-order valence-electron chi connectivity index (χ0n) is 23.2. The lowest BCUT2D eigenvalue weighted by molar-refractivity contribution is 0.390. The number of rotatable bonds is 7. The maximum atomic E-state index is 12.7. The van der Waals surface area contributed by atoms with E-state index >= 15 is 0 Å². The molecule has 0 bridgehead atoms. The Morgan fingerprint density at radius 1 is 0.878 bits per heavy atom. The summed E-state index contributed by atoms with van der Waals surface area (Å²) in [6.07, 6.45) is 7.45. The van der Waals surface area contributed by atoms with Crippen LogP contribution in [-0.2, 0) is 10.1 Å². The van der Waals surface area contributed by atoms with Crippen LogP contribution in [0.15, 0.2) is 107 Å². The SMILES string of the molecule is COc1cc(C=Nc2ccc([C@@H]3Nc4ccc(C)cc4[C@@H]4C=CC[C@@H]43)cc2)ccc1OS(=O)(=O)c1ccc(C)cc1. The molecule has 208 valence electrons. The number of aryl methyl sites for hydroxylation is 2. The molecule has 7 heteroatoms. The van der Waals surface area contributed by atoms with Crippen LogP contribution in [0.1, 0.15) is 46.2 Å². The molecule has 0 spiro atoms. The van der Waals surface area contributed by atoms with Crippen molar-refractivity contribution in [2.24, 2.45) is 10.9 Å². The number of anilines is 1. The molecule has 4 aromatic rings. The molecule has 0 fully saturated rings. The van der Waals surface area contributed by atoms with Gasteiger partial charge >= 0.3 is 10.1 Å². The molecule has 1 aliphatic heterocycles. The zero-order chi connectivity index (χ0) is 28.6. The van der Waals surface area contributed by atoms with Crippen molar-refractivity contribution in [3.8, 4) is 11.5 Å². The van der Waals surface area contributed by atoms with Crippen molar-refractivity contribution in [2.45, 2.75) is 37.1 Å². The monoisotopic (exact) mass is 564 g/mol. The third-order valence-corrected chi connectivity index (χ3v) is 9.08. The summed E-state index contributed by atoms with van der Waals surface area (Å²) < 4.78 is 36.3. The van der Waals surface area contributed by atoms with Crippen LogP contribution in [0.5, 0.6) is 11.5 Å². The summed E-state index contributed by atoms with van der Waals surface area (Å²) >= 11 is 0. The van der Waals surface area contributed by atoms with Gasteiger partial charge in [0.2, 0.25) is 0 Å². The number of nitrogens with zero attached hydrogens (tertiary/aromatic N) is 1. The Bertz CT molecular complexity index is 1740. The fourth-order valence-electron chi connectivity index (χ4n) is 5.67. The lowest BCUT2D eigenvalue weighted by Gasteiger charge is -2.37. The first-order valence-corrected chi connectivity index (χ1v) is 15.1. The van der Waals surface area contributed by atoms with Gasteiger partial charge in [-0.1, -0.05) is 59.7 Å². The second kappa shape index (κ2) is 10.9. The van der Waals surface area contributed by atoms with Crippen LogP contribution in [0.3, 0.4) is 0 Å². The Hall–Kier alpha value is -4.36. The number of hydrogen-bond donors (Lipinski definition) is 1. The van der Waals surface area contributed by atoms with Gasteiger partial charge in [-0.25, -0.2) is 0 Å². The van der Waals surface area contributed by atoms with Gasteiger partial charge in [-0.05, 0) is 91.4 Å². The number of allylic oxidation sites excluding steroid dienone is 2. The highest BCUT2D eigenvalue weighted by atomic mass is 32.2. The predicted molar refractivity (Wildman–Crippen MR) is 163 cm³/mol. The van der Waals surface area contributed by atoms with Gasteiger partial charge in [-0.2, -0.15) is 8.42 Å². The summed E-state index contributed by atoms with van der Waals surface area (Å²) in [5, 5.41) is 3.79. The van der Waals surface area contributed by atoms with Crippen molar-refractivity contribution in [1.82, 2.24) is 0 Å². The van der Waals surface area contributed by atoms with Crippen LogP contribution in [0, 0.1) is 19.8 Å². The largest absolute Gasteiger partial charge is 0.493 e. The highest BCUT2D eigenvalue weighted by Gasteiger charge is 2.37. The van der Waals surface area contributed by atoms with Gasteiger partial charge in [-0.15, -0.1) is 0 Å². The van der Waals surface area contributed by atoms with Crippen molar-refractivity contribution >= 4 is 27.7 Å². The van der Waals surface area contributed by atoms with Crippen molar-refractivity contribution in [3.63, 3.8) is 0 Å². The van der Waals surface area contributed by atoms with E-state index in [1.807, 2.05) is 19.1 Å². The van der Waals surface area contributed by atoms with E-state index < -0.39 is 10.1 Å². The van der Waals surface area contributed by atoms with Gasteiger partial charge in [0.05, 0.1) is 18.8 Å². The zero-order valence-corrected chi connectivity index (χ0v) is 24.1. The van der Waals surface area contributed by atoms with Gasteiger partial charge in [0.25, 0.3) is 0 Å². The van der Waals surface area contributed by atoms with Crippen molar-refractivity contribution < 1.29 is 17.3 Å². The Kier molecular flexibility index (Phi) is 7.14. The van der Waals surface area contributed by atoms with Gasteiger partial charge in [0, 0.05) is 17.8 Å². The van der Waals surface area contributed by atoms with Gasteiger partial charge < -0.3 is 14.2 Å². The quantitative estimate of drug-likeness (QED) is 0.142. The molecule has 0 amide bonds. The maximum absolute atomic E-state index is 12.7. The molecule has 6 rings (SSSR count). The molecular formula is C34H32N2O4S. The number of ether oxygens (including phenoxy) is 1. The molecule has 0 saturated heterocycles. The molecule has 1 N–H and O–H groups in total. The average Bonchev–Trinajstić information content (AvgIpc) is 3.47. The summed E-state index contributed by atoms with van der Waals surface area (Å²) in [5.74, 6) is 1.34. The Balaban J connectivity index is 1.17. The molecule has 6 nitrogen and oxygen atoms in total.